The molecule has 7 heteroatoms. The minimum absolute atomic E-state index is 0.137. The second-order valence-corrected chi connectivity index (χ2v) is 7.32. The number of hydrogen-bond acceptors (Lipinski definition) is 4. The highest BCUT2D eigenvalue weighted by Crippen LogP contribution is 2.25. The topological polar surface area (TPSA) is 61.9 Å². The molecular formula is C12H25N3O3S. The molecule has 0 aromatic rings. The molecule has 0 aromatic carbocycles. The van der Waals surface area contributed by atoms with Gasteiger partial charge in [-0.3, -0.25) is 0 Å². The minimum Gasteiger partial charge on any atom is -0.379 e. The van der Waals surface area contributed by atoms with Crippen LogP contribution in [0, 0.1) is 0 Å². The zero-order valence-corrected chi connectivity index (χ0v) is 12.7. The first-order chi connectivity index (χ1) is 9.05. The summed E-state index contributed by atoms with van der Waals surface area (Å²) in [6.07, 6.45) is 3.96. The van der Waals surface area contributed by atoms with E-state index in [0.717, 1.165) is 25.7 Å². The molecule has 1 heterocycles. The lowest BCUT2D eigenvalue weighted by molar-refractivity contribution is 0.0692. The van der Waals surface area contributed by atoms with Gasteiger partial charge < -0.3 is 10.1 Å². The molecule has 1 saturated heterocycles. The van der Waals surface area contributed by atoms with E-state index in [1.807, 2.05) is 7.05 Å². The molecule has 0 unspecified atom stereocenters. The fourth-order valence-corrected chi connectivity index (χ4v) is 4.44. The van der Waals surface area contributed by atoms with Crippen molar-refractivity contribution in [1.82, 2.24) is 13.9 Å². The maximum absolute atomic E-state index is 12.5. The van der Waals surface area contributed by atoms with E-state index < -0.39 is 10.2 Å². The average Bonchev–Trinajstić information content (AvgIpc) is 2.47. The Morgan fingerprint density at radius 2 is 1.74 bits per heavy atom. The molecule has 0 amide bonds. The van der Waals surface area contributed by atoms with E-state index in [1.54, 1.807) is 15.7 Å². The highest BCUT2D eigenvalue weighted by molar-refractivity contribution is 7.86. The highest BCUT2D eigenvalue weighted by atomic mass is 32.2. The van der Waals surface area contributed by atoms with E-state index in [0.29, 0.717) is 32.3 Å². The van der Waals surface area contributed by atoms with Crippen LogP contribution < -0.4 is 5.32 Å². The minimum atomic E-state index is -3.32. The molecule has 0 spiro atoms. The third kappa shape index (κ3) is 3.46. The molecule has 0 aromatic heterocycles. The van der Waals surface area contributed by atoms with Crippen LogP contribution in [0.2, 0.25) is 0 Å². The van der Waals surface area contributed by atoms with Crippen LogP contribution in [0.4, 0.5) is 0 Å². The van der Waals surface area contributed by atoms with Gasteiger partial charge in [-0.1, -0.05) is 0 Å². The van der Waals surface area contributed by atoms with Crippen LogP contribution >= 0.6 is 0 Å². The molecule has 1 saturated carbocycles. The molecule has 112 valence electrons. The first kappa shape index (κ1) is 15.2. The third-order valence-corrected chi connectivity index (χ3v) is 6.32. The normalized spacial score (nSPS) is 30.7. The van der Waals surface area contributed by atoms with Gasteiger partial charge in [-0.25, -0.2) is 0 Å². The van der Waals surface area contributed by atoms with Crippen molar-refractivity contribution in [3.63, 3.8) is 0 Å². The standard InChI is InChI=1S/C12H25N3O3S/c1-13-11-3-5-12(6-4-11)14(2)19(16,17)15-7-9-18-10-8-15/h11-13H,3-10H2,1-2H3. The lowest BCUT2D eigenvalue weighted by Crippen LogP contribution is -2.51. The summed E-state index contributed by atoms with van der Waals surface area (Å²) in [5.41, 5.74) is 0. The first-order valence-corrected chi connectivity index (χ1v) is 8.43. The zero-order valence-electron chi connectivity index (χ0n) is 11.8. The van der Waals surface area contributed by atoms with Crippen molar-refractivity contribution >= 4 is 10.2 Å². The molecule has 2 aliphatic rings. The van der Waals surface area contributed by atoms with Gasteiger partial charge in [0.05, 0.1) is 13.2 Å². The Morgan fingerprint density at radius 3 is 2.26 bits per heavy atom. The summed E-state index contributed by atoms with van der Waals surface area (Å²) in [6, 6.07) is 0.674. The summed E-state index contributed by atoms with van der Waals surface area (Å²) in [5.74, 6) is 0. The fourth-order valence-electron chi connectivity index (χ4n) is 2.88. The molecule has 2 fully saturated rings. The maximum atomic E-state index is 12.5. The molecule has 0 radical (unpaired) electrons. The van der Waals surface area contributed by atoms with E-state index >= 15 is 0 Å². The van der Waals surface area contributed by atoms with Gasteiger partial charge in [-0.05, 0) is 32.7 Å². The van der Waals surface area contributed by atoms with Crippen molar-refractivity contribution in [2.75, 3.05) is 40.4 Å². The van der Waals surface area contributed by atoms with Gasteiger partial charge in [-0.15, -0.1) is 0 Å². The van der Waals surface area contributed by atoms with Crippen LogP contribution in [0.15, 0.2) is 0 Å². The fraction of sp³-hybridized carbons (Fsp3) is 1.00. The Bertz CT molecular complexity index is 374. The summed E-state index contributed by atoms with van der Waals surface area (Å²) in [5, 5.41) is 3.27. The molecule has 19 heavy (non-hydrogen) atoms. The van der Waals surface area contributed by atoms with Gasteiger partial charge in [0.2, 0.25) is 0 Å². The predicted octanol–water partition coefficient (Wildman–Crippen LogP) is 0.0258. The van der Waals surface area contributed by atoms with Gasteiger partial charge in [0.15, 0.2) is 0 Å². The molecular weight excluding hydrogens is 266 g/mol. The zero-order chi connectivity index (χ0) is 13.9. The SMILES string of the molecule is CNC1CCC(N(C)S(=O)(=O)N2CCOCC2)CC1. The van der Waals surface area contributed by atoms with Gasteiger partial charge in [0, 0.05) is 32.2 Å². The Labute approximate surface area is 116 Å². The summed E-state index contributed by atoms with van der Waals surface area (Å²) in [7, 11) is 0.369. The Hall–Kier alpha value is -0.210. The van der Waals surface area contributed by atoms with Gasteiger partial charge >= 0.3 is 0 Å². The van der Waals surface area contributed by atoms with Gasteiger partial charge in [-0.2, -0.15) is 17.0 Å². The monoisotopic (exact) mass is 291 g/mol. The van der Waals surface area contributed by atoms with E-state index in [9.17, 15) is 8.42 Å². The number of nitrogens with zero attached hydrogens (tertiary/aromatic N) is 2. The third-order valence-electron chi connectivity index (χ3n) is 4.28. The van der Waals surface area contributed by atoms with E-state index in [4.69, 9.17) is 4.74 Å². The van der Waals surface area contributed by atoms with Crippen molar-refractivity contribution in [2.24, 2.45) is 0 Å². The number of rotatable bonds is 4. The van der Waals surface area contributed by atoms with Crippen LogP contribution in [0.5, 0.6) is 0 Å². The number of nitrogens with one attached hydrogen (secondary N) is 1. The molecule has 1 aliphatic carbocycles. The molecule has 0 bridgehead atoms. The number of morpholine rings is 1. The molecule has 0 atom stereocenters. The van der Waals surface area contributed by atoms with Crippen LogP contribution in [-0.2, 0) is 14.9 Å². The largest absolute Gasteiger partial charge is 0.379 e. The van der Waals surface area contributed by atoms with Crippen molar-refractivity contribution in [3.8, 4) is 0 Å². The molecule has 1 N–H and O–H groups in total. The number of ether oxygens (including phenoxy) is 1. The highest BCUT2D eigenvalue weighted by Gasteiger charge is 2.34. The second-order valence-electron chi connectivity index (χ2n) is 5.33. The van der Waals surface area contributed by atoms with Gasteiger partial charge in [0.1, 0.15) is 0 Å². The Balaban J connectivity index is 1.96. The Kier molecular flexibility index (Phi) is 5.19. The smallest absolute Gasteiger partial charge is 0.282 e. The second kappa shape index (κ2) is 6.49. The van der Waals surface area contributed by atoms with E-state index in [1.165, 1.54) is 0 Å². The summed E-state index contributed by atoms with van der Waals surface area (Å²) in [6.45, 7) is 1.94. The van der Waals surface area contributed by atoms with Crippen LogP contribution in [-0.4, -0.2) is 69.5 Å². The van der Waals surface area contributed by atoms with Gasteiger partial charge in [0.25, 0.3) is 10.2 Å². The predicted molar refractivity (Wildman–Crippen MR) is 74.2 cm³/mol. The lowest BCUT2D eigenvalue weighted by atomic mass is 9.91. The van der Waals surface area contributed by atoms with Crippen molar-refractivity contribution in [1.29, 1.82) is 0 Å². The summed E-state index contributed by atoms with van der Waals surface area (Å²) >= 11 is 0. The Morgan fingerprint density at radius 1 is 1.16 bits per heavy atom. The summed E-state index contributed by atoms with van der Waals surface area (Å²) < 4.78 is 33.4. The lowest BCUT2D eigenvalue weighted by Gasteiger charge is -2.37. The van der Waals surface area contributed by atoms with Crippen molar-refractivity contribution in [2.45, 2.75) is 37.8 Å². The van der Waals surface area contributed by atoms with Crippen molar-refractivity contribution in [3.05, 3.63) is 0 Å². The number of hydrogen-bond donors (Lipinski definition) is 1. The first-order valence-electron chi connectivity index (χ1n) is 7.04. The molecule has 1 aliphatic heterocycles. The molecule has 2 rings (SSSR count). The van der Waals surface area contributed by atoms with Crippen molar-refractivity contribution < 1.29 is 13.2 Å². The molecule has 6 nitrogen and oxygen atoms in total. The van der Waals surface area contributed by atoms with E-state index in [2.05, 4.69) is 5.32 Å². The van der Waals surface area contributed by atoms with E-state index in [-0.39, 0.29) is 6.04 Å². The average molecular weight is 291 g/mol. The quantitative estimate of drug-likeness (QED) is 0.793. The van der Waals surface area contributed by atoms with Crippen LogP contribution in [0.25, 0.3) is 0 Å². The maximum Gasteiger partial charge on any atom is 0.282 e. The van der Waals surface area contributed by atoms with Crippen LogP contribution in [0.3, 0.4) is 0 Å². The summed E-state index contributed by atoms with van der Waals surface area (Å²) in [4.78, 5) is 0. The van der Waals surface area contributed by atoms with Crippen LogP contribution in [0.1, 0.15) is 25.7 Å².